The van der Waals surface area contributed by atoms with Crippen molar-refractivity contribution >= 4 is 18.1 Å². The molecule has 0 bridgehead atoms. The third-order valence-corrected chi connectivity index (χ3v) is 9.04. The van der Waals surface area contributed by atoms with Gasteiger partial charge >= 0.3 is 12.0 Å². The highest BCUT2D eigenvalue weighted by Crippen LogP contribution is 2.62. The SMILES string of the molecule is CCNC(=O)N1C[C@H]2[C@H](C)[C@@H](C)[C@H](/C=C/c3ccc(-c4ccccc4C#N)cn3)[C@@H]3[C@@H](C)OC(=O)[C@@]32C1. The molecule has 2 saturated heterocycles. The summed E-state index contributed by atoms with van der Waals surface area (Å²) in [5, 5.41) is 12.3. The minimum atomic E-state index is -0.677. The topological polar surface area (TPSA) is 95.3 Å². The molecular formula is C30H34N4O3. The zero-order chi connectivity index (χ0) is 26.3. The van der Waals surface area contributed by atoms with E-state index in [4.69, 9.17) is 4.74 Å². The minimum absolute atomic E-state index is 0.00587. The van der Waals surface area contributed by atoms with Crippen LogP contribution in [0.3, 0.4) is 0 Å². The summed E-state index contributed by atoms with van der Waals surface area (Å²) in [5.41, 5.74) is 2.53. The van der Waals surface area contributed by atoms with Gasteiger partial charge < -0.3 is 15.0 Å². The van der Waals surface area contributed by atoms with E-state index >= 15 is 0 Å². The second kappa shape index (κ2) is 9.66. The zero-order valence-electron chi connectivity index (χ0n) is 21.8. The molecule has 192 valence electrons. The summed E-state index contributed by atoms with van der Waals surface area (Å²) in [6.07, 6.45) is 5.81. The lowest BCUT2D eigenvalue weighted by atomic mass is 9.51. The Hall–Kier alpha value is -3.66. The van der Waals surface area contributed by atoms with Crippen molar-refractivity contribution in [2.45, 2.75) is 33.8 Å². The van der Waals surface area contributed by atoms with Crippen LogP contribution in [-0.4, -0.2) is 47.6 Å². The highest BCUT2D eigenvalue weighted by Gasteiger charge is 2.70. The lowest BCUT2D eigenvalue weighted by Gasteiger charge is -2.49. The molecule has 2 aliphatic heterocycles. The number of carbonyl (C=O) groups excluding carboxylic acids is 2. The molecule has 7 heteroatoms. The zero-order valence-corrected chi connectivity index (χ0v) is 21.8. The molecule has 7 nitrogen and oxygen atoms in total. The summed E-state index contributed by atoms with van der Waals surface area (Å²) in [4.78, 5) is 32.6. The minimum Gasteiger partial charge on any atom is -0.462 e. The molecule has 1 aliphatic carbocycles. The van der Waals surface area contributed by atoms with Gasteiger partial charge in [0.25, 0.3) is 0 Å². The second-order valence-corrected chi connectivity index (χ2v) is 10.8. The third-order valence-electron chi connectivity index (χ3n) is 9.04. The highest BCUT2D eigenvalue weighted by atomic mass is 16.6. The van der Waals surface area contributed by atoms with E-state index < -0.39 is 5.41 Å². The van der Waals surface area contributed by atoms with Gasteiger partial charge in [-0.1, -0.05) is 44.2 Å². The second-order valence-electron chi connectivity index (χ2n) is 10.8. The molecule has 1 N–H and O–H groups in total. The first-order valence-electron chi connectivity index (χ1n) is 13.2. The average molecular weight is 499 g/mol. The maximum atomic E-state index is 13.4. The summed E-state index contributed by atoms with van der Waals surface area (Å²) < 4.78 is 5.89. The van der Waals surface area contributed by atoms with Crippen LogP contribution in [0.2, 0.25) is 0 Å². The molecule has 1 saturated carbocycles. The van der Waals surface area contributed by atoms with Gasteiger partial charge in [0, 0.05) is 42.9 Å². The van der Waals surface area contributed by atoms with E-state index in [1.165, 1.54) is 0 Å². The van der Waals surface area contributed by atoms with E-state index in [0.29, 0.717) is 31.1 Å². The van der Waals surface area contributed by atoms with Gasteiger partial charge in [0.05, 0.1) is 22.7 Å². The number of cyclic esters (lactones) is 1. The van der Waals surface area contributed by atoms with Gasteiger partial charge in [-0.25, -0.2) is 4.79 Å². The van der Waals surface area contributed by atoms with Crippen LogP contribution < -0.4 is 5.32 Å². The number of aromatic nitrogens is 1. The standard InChI is InChI=1S/C30H34N4O3/c1-5-32-29(36)34-16-26-19(3)18(2)24(27-20(4)37-28(35)30(26,27)17-34)13-12-23-11-10-22(15-33-23)25-9-7-6-8-21(25)14-31/h6-13,15,18-20,24,26-27H,5,16-17H2,1-4H3,(H,32,36)/b13-12+/t18-,19-,20-,24+,26+,27+,30-/m1/s1. The Labute approximate surface area is 218 Å². The Morgan fingerprint density at radius 3 is 2.73 bits per heavy atom. The lowest BCUT2D eigenvalue weighted by Crippen LogP contribution is -2.54. The summed E-state index contributed by atoms with van der Waals surface area (Å²) in [6.45, 7) is 9.91. The Morgan fingerprint density at radius 1 is 1.24 bits per heavy atom. The number of ether oxygens (including phenoxy) is 1. The number of benzene rings is 1. The van der Waals surface area contributed by atoms with E-state index in [9.17, 15) is 14.9 Å². The summed E-state index contributed by atoms with van der Waals surface area (Å²) in [6, 6.07) is 13.6. The normalized spacial score (nSPS) is 32.5. The third kappa shape index (κ3) is 3.99. The first-order valence-corrected chi connectivity index (χ1v) is 13.2. The molecule has 1 aromatic heterocycles. The molecule has 0 unspecified atom stereocenters. The average Bonchev–Trinajstić information content (AvgIpc) is 3.43. The van der Waals surface area contributed by atoms with E-state index in [1.54, 1.807) is 12.3 Å². The van der Waals surface area contributed by atoms with Crippen molar-refractivity contribution in [2.24, 2.45) is 35.0 Å². The fraction of sp³-hybridized carbons (Fsp3) is 0.467. The number of nitrogens with one attached hydrogen (secondary N) is 1. The van der Waals surface area contributed by atoms with Crippen molar-refractivity contribution in [1.82, 2.24) is 15.2 Å². The number of hydrogen-bond donors (Lipinski definition) is 1. The van der Waals surface area contributed by atoms with Crippen LogP contribution >= 0.6 is 0 Å². The van der Waals surface area contributed by atoms with E-state index in [-0.39, 0.29) is 41.8 Å². The number of allylic oxidation sites excluding steroid dienone is 1. The molecule has 1 spiro atoms. The van der Waals surface area contributed by atoms with Gasteiger partial charge in [0.15, 0.2) is 0 Å². The van der Waals surface area contributed by atoms with Gasteiger partial charge in [-0.05, 0) is 55.7 Å². The molecule has 2 amide bonds. The van der Waals surface area contributed by atoms with E-state index in [0.717, 1.165) is 16.8 Å². The fourth-order valence-electron chi connectivity index (χ4n) is 7.13. The molecule has 2 aromatic rings. The number of likely N-dealkylation sites (tertiary alicyclic amines) is 1. The van der Waals surface area contributed by atoms with Gasteiger partial charge in [0.2, 0.25) is 0 Å². The number of rotatable bonds is 4. The Morgan fingerprint density at radius 2 is 2.03 bits per heavy atom. The highest BCUT2D eigenvalue weighted by molar-refractivity contribution is 5.84. The summed E-state index contributed by atoms with van der Waals surface area (Å²) in [5.74, 6) is 0.594. The summed E-state index contributed by atoms with van der Waals surface area (Å²) >= 11 is 0. The Bertz CT molecular complexity index is 1270. The predicted octanol–water partition coefficient (Wildman–Crippen LogP) is 4.74. The molecule has 0 radical (unpaired) electrons. The smallest absolute Gasteiger partial charge is 0.317 e. The van der Waals surface area contributed by atoms with E-state index in [1.807, 2.05) is 55.2 Å². The van der Waals surface area contributed by atoms with Gasteiger partial charge in [-0.3, -0.25) is 9.78 Å². The number of nitriles is 1. The maximum Gasteiger partial charge on any atom is 0.317 e. The van der Waals surface area contributed by atoms with Crippen LogP contribution in [0.4, 0.5) is 4.79 Å². The van der Waals surface area contributed by atoms with Crippen molar-refractivity contribution in [1.29, 1.82) is 5.26 Å². The number of nitrogens with zero attached hydrogens (tertiary/aromatic N) is 3. The Balaban J connectivity index is 1.44. The van der Waals surface area contributed by atoms with Gasteiger partial charge in [-0.15, -0.1) is 0 Å². The first-order chi connectivity index (χ1) is 17.8. The lowest BCUT2D eigenvalue weighted by molar-refractivity contribution is -0.152. The molecule has 7 atom stereocenters. The van der Waals surface area contributed by atoms with Crippen LogP contribution in [-0.2, 0) is 9.53 Å². The van der Waals surface area contributed by atoms with Crippen molar-refractivity contribution < 1.29 is 14.3 Å². The van der Waals surface area contributed by atoms with Crippen molar-refractivity contribution in [3.8, 4) is 17.2 Å². The number of urea groups is 1. The number of carbonyl (C=O) groups is 2. The Kier molecular flexibility index (Phi) is 6.53. The number of esters is 1. The molecule has 37 heavy (non-hydrogen) atoms. The van der Waals surface area contributed by atoms with Crippen LogP contribution in [0.1, 0.15) is 39.0 Å². The van der Waals surface area contributed by atoms with Crippen molar-refractivity contribution in [3.63, 3.8) is 0 Å². The molecule has 3 aliphatic rings. The van der Waals surface area contributed by atoms with Gasteiger partial charge in [0.1, 0.15) is 6.10 Å². The quantitative estimate of drug-likeness (QED) is 0.614. The fourth-order valence-corrected chi connectivity index (χ4v) is 7.13. The van der Waals surface area contributed by atoms with Crippen LogP contribution in [0.25, 0.3) is 17.2 Å². The van der Waals surface area contributed by atoms with Crippen LogP contribution in [0.15, 0.2) is 48.7 Å². The molecule has 3 heterocycles. The molecule has 1 aromatic carbocycles. The van der Waals surface area contributed by atoms with Crippen molar-refractivity contribution in [3.05, 3.63) is 59.9 Å². The predicted molar refractivity (Wildman–Crippen MR) is 141 cm³/mol. The first kappa shape index (κ1) is 25.0. The molecule has 3 fully saturated rings. The largest absolute Gasteiger partial charge is 0.462 e. The maximum absolute atomic E-state index is 13.4. The summed E-state index contributed by atoms with van der Waals surface area (Å²) in [7, 11) is 0. The monoisotopic (exact) mass is 498 g/mol. The van der Waals surface area contributed by atoms with Crippen LogP contribution in [0.5, 0.6) is 0 Å². The number of pyridine rings is 1. The molecule has 5 rings (SSSR count). The van der Waals surface area contributed by atoms with Crippen LogP contribution in [0, 0.1) is 46.3 Å². The van der Waals surface area contributed by atoms with E-state index in [2.05, 4.69) is 36.3 Å². The number of amides is 2. The molecular weight excluding hydrogens is 464 g/mol. The number of hydrogen-bond acceptors (Lipinski definition) is 5. The van der Waals surface area contributed by atoms with Crippen molar-refractivity contribution in [2.75, 3.05) is 19.6 Å². The van der Waals surface area contributed by atoms with Gasteiger partial charge in [-0.2, -0.15) is 5.26 Å².